The number of nitrogens with zero attached hydrogens (tertiary/aromatic N) is 2. The van der Waals surface area contributed by atoms with Gasteiger partial charge in [-0.05, 0) is 52.1 Å². The van der Waals surface area contributed by atoms with E-state index in [1.807, 2.05) is 13.0 Å². The highest BCUT2D eigenvalue weighted by atomic mass is 16.5. The molecule has 2 N–H and O–H groups in total. The molecule has 2 atom stereocenters. The second-order valence-electron chi connectivity index (χ2n) is 5.56. The standard InChI is InChI=1S/C15H26N4O/c1-4-8-20-14-9-11(2)17-15(19-14)18-12(3)13-6-5-7-16-10-13/h9,12-13,16H,4-8,10H2,1-3H3,(H,17,18,19). The van der Waals surface area contributed by atoms with Crippen LogP contribution in [0.4, 0.5) is 5.95 Å². The number of hydrogen-bond acceptors (Lipinski definition) is 5. The lowest BCUT2D eigenvalue weighted by atomic mass is 9.93. The summed E-state index contributed by atoms with van der Waals surface area (Å²) in [6, 6.07) is 2.25. The highest BCUT2D eigenvalue weighted by Crippen LogP contribution is 2.18. The zero-order valence-corrected chi connectivity index (χ0v) is 12.8. The highest BCUT2D eigenvalue weighted by Gasteiger charge is 2.20. The fourth-order valence-electron chi connectivity index (χ4n) is 2.51. The fourth-order valence-corrected chi connectivity index (χ4v) is 2.51. The molecule has 20 heavy (non-hydrogen) atoms. The molecule has 1 aliphatic rings. The first kappa shape index (κ1) is 15.0. The van der Waals surface area contributed by atoms with Crippen molar-refractivity contribution in [3.8, 4) is 5.88 Å². The Morgan fingerprint density at radius 1 is 1.50 bits per heavy atom. The van der Waals surface area contributed by atoms with Gasteiger partial charge in [-0.2, -0.15) is 4.98 Å². The Labute approximate surface area is 121 Å². The number of ether oxygens (including phenoxy) is 1. The molecule has 1 saturated heterocycles. The van der Waals surface area contributed by atoms with Crippen LogP contribution in [0, 0.1) is 12.8 Å². The topological polar surface area (TPSA) is 59.1 Å². The molecule has 2 rings (SSSR count). The Balaban J connectivity index is 1.98. The number of piperidine rings is 1. The largest absolute Gasteiger partial charge is 0.478 e. The van der Waals surface area contributed by atoms with Gasteiger partial charge in [0.15, 0.2) is 0 Å². The first-order valence-corrected chi connectivity index (χ1v) is 7.64. The van der Waals surface area contributed by atoms with Crippen molar-refractivity contribution >= 4 is 5.95 Å². The monoisotopic (exact) mass is 278 g/mol. The molecule has 1 fully saturated rings. The van der Waals surface area contributed by atoms with Gasteiger partial charge in [0.05, 0.1) is 6.61 Å². The summed E-state index contributed by atoms with van der Waals surface area (Å²) >= 11 is 0. The summed E-state index contributed by atoms with van der Waals surface area (Å²) in [4.78, 5) is 8.90. The quantitative estimate of drug-likeness (QED) is 0.836. The molecule has 0 saturated carbocycles. The average Bonchev–Trinajstić information content (AvgIpc) is 2.45. The van der Waals surface area contributed by atoms with E-state index in [1.54, 1.807) is 0 Å². The van der Waals surface area contributed by atoms with Gasteiger partial charge in [0, 0.05) is 17.8 Å². The summed E-state index contributed by atoms with van der Waals surface area (Å²) in [5.41, 5.74) is 0.933. The van der Waals surface area contributed by atoms with Gasteiger partial charge in [-0.1, -0.05) is 6.92 Å². The molecule has 5 heteroatoms. The lowest BCUT2D eigenvalue weighted by molar-refractivity contribution is 0.304. The number of aromatic nitrogens is 2. The predicted molar refractivity (Wildman–Crippen MR) is 81.2 cm³/mol. The van der Waals surface area contributed by atoms with Crippen molar-refractivity contribution in [2.24, 2.45) is 5.92 Å². The minimum Gasteiger partial charge on any atom is -0.478 e. The van der Waals surface area contributed by atoms with Crippen LogP contribution in [-0.2, 0) is 0 Å². The molecule has 0 radical (unpaired) electrons. The highest BCUT2D eigenvalue weighted by molar-refractivity contribution is 5.31. The third-order valence-corrected chi connectivity index (χ3v) is 3.68. The molecule has 112 valence electrons. The minimum absolute atomic E-state index is 0.364. The van der Waals surface area contributed by atoms with Gasteiger partial charge in [0.2, 0.25) is 11.8 Å². The molecule has 5 nitrogen and oxygen atoms in total. The van der Waals surface area contributed by atoms with Crippen molar-refractivity contribution in [1.82, 2.24) is 15.3 Å². The molecule has 0 spiro atoms. The molecule has 0 aliphatic carbocycles. The number of rotatable bonds is 6. The van der Waals surface area contributed by atoms with Gasteiger partial charge < -0.3 is 15.4 Å². The zero-order valence-electron chi connectivity index (χ0n) is 12.8. The SMILES string of the molecule is CCCOc1cc(C)nc(NC(C)C2CCCNC2)n1. The van der Waals surface area contributed by atoms with Crippen molar-refractivity contribution in [3.63, 3.8) is 0 Å². The fraction of sp³-hybridized carbons (Fsp3) is 0.733. The van der Waals surface area contributed by atoms with Crippen LogP contribution in [-0.4, -0.2) is 35.7 Å². The van der Waals surface area contributed by atoms with Gasteiger partial charge in [-0.3, -0.25) is 0 Å². The molecule has 1 aromatic heterocycles. The van der Waals surface area contributed by atoms with Crippen LogP contribution < -0.4 is 15.4 Å². The van der Waals surface area contributed by atoms with E-state index in [-0.39, 0.29) is 0 Å². The Hall–Kier alpha value is -1.36. The second-order valence-corrected chi connectivity index (χ2v) is 5.56. The minimum atomic E-state index is 0.364. The molecule has 2 heterocycles. The lowest BCUT2D eigenvalue weighted by Crippen LogP contribution is -2.39. The lowest BCUT2D eigenvalue weighted by Gasteiger charge is -2.29. The average molecular weight is 278 g/mol. The molecule has 0 aromatic carbocycles. The summed E-state index contributed by atoms with van der Waals surface area (Å²) in [5, 5.41) is 6.87. The van der Waals surface area contributed by atoms with Crippen LogP contribution >= 0.6 is 0 Å². The molecule has 0 bridgehead atoms. The number of aryl methyl sites for hydroxylation is 1. The van der Waals surface area contributed by atoms with E-state index < -0.39 is 0 Å². The number of nitrogens with one attached hydrogen (secondary N) is 2. The van der Waals surface area contributed by atoms with Crippen LogP contribution in [0.15, 0.2) is 6.07 Å². The Morgan fingerprint density at radius 3 is 3.05 bits per heavy atom. The van der Waals surface area contributed by atoms with Crippen LogP contribution in [0.25, 0.3) is 0 Å². The molecule has 2 unspecified atom stereocenters. The smallest absolute Gasteiger partial charge is 0.226 e. The van der Waals surface area contributed by atoms with Crippen molar-refractivity contribution in [1.29, 1.82) is 0 Å². The van der Waals surface area contributed by atoms with E-state index in [2.05, 4.69) is 34.4 Å². The first-order chi connectivity index (χ1) is 9.69. The maximum atomic E-state index is 5.60. The van der Waals surface area contributed by atoms with Crippen LogP contribution in [0.2, 0.25) is 0 Å². The summed E-state index contributed by atoms with van der Waals surface area (Å²) < 4.78 is 5.60. The maximum Gasteiger partial charge on any atom is 0.226 e. The van der Waals surface area contributed by atoms with Crippen LogP contribution in [0.1, 0.15) is 38.8 Å². The van der Waals surface area contributed by atoms with Gasteiger partial charge in [0.25, 0.3) is 0 Å². The molecule has 1 aliphatic heterocycles. The Bertz CT molecular complexity index is 418. The third kappa shape index (κ3) is 4.34. The van der Waals surface area contributed by atoms with Crippen molar-refractivity contribution in [2.75, 3.05) is 25.0 Å². The summed E-state index contributed by atoms with van der Waals surface area (Å²) in [6.45, 7) is 9.16. The normalized spacial score (nSPS) is 20.4. The van der Waals surface area contributed by atoms with E-state index in [0.717, 1.165) is 25.2 Å². The van der Waals surface area contributed by atoms with Gasteiger partial charge in [0.1, 0.15) is 0 Å². The van der Waals surface area contributed by atoms with E-state index in [0.29, 0.717) is 30.4 Å². The van der Waals surface area contributed by atoms with E-state index in [4.69, 9.17) is 4.74 Å². The summed E-state index contributed by atoms with van der Waals surface area (Å²) in [7, 11) is 0. The van der Waals surface area contributed by atoms with E-state index in [9.17, 15) is 0 Å². The Morgan fingerprint density at radius 2 is 2.35 bits per heavy atom. The molecular formula is C15H26N4O. The second kappa shape index (κ2) is 7.43. The van der Waals surface area contributed by atoms with Crippen molar-refractivity contribution in [2.45, 2.75) is 46.1 Å². The van der Waals surface area contributed by atoms with Gasteiger partial charge in [-0.25, -0.2) is 4.98 Å². The van der Waals surface area contributed by atoms with E-state index >= 15 is 0 Å². The zero-order chi connectivity index (χ0) is 14.4. The number of hydrogen-bond donors (Lipinski definition) is 2. The first-order valence-electron chi connectivity index (χ1n) is 7.64. The van der Waals surface area contributed by atoms with Gasteiger partial charge in [-0.15, -0.1) is 0 Å². The predicted octanol–water partition coefficient (Wildman–Crippen LogP) is 2.37. The van der Waals surface area contributed by atoms with Gasteiger partial charge >= 0.3 is 0 Å². The third-order valence-electron chi connectivity index (χ3n) is 3.68. The van der Waals surface area contributed by atoms with E-state index in [1.165, 1.54) is 12.8 Å². The number of anilines is 1. The molecular weight excluding hydrogens is 252 g/mol. The summed E-state index contributed by atoms with van der Waals surface area (Å²) in [6.07, 6.45) is 3.48. The van der Waals surface area contributed by atoms with Crippen LogP contribution in [0.3, 0.4) is 0 Å². The summed E-state index contributed by atoms with van der Waals surface area (Å²) in [5.74, 6) is 1.97. The Kier molecular flexibility index (Phi) is 5.59. The van der Waals surface area contributed by atoms with Crippen LogP contribution in [0.5, 0.6) is 5.88 Å². The molecule has 1 aromatic rings. The van der Waals surface area contributed by atoms with Crippen molar-refractivity contribution in [3.05, 3.63) is 11.8 Å². The maximum absolute atomic E-state index is 5.60. The van der Waals surface area contributed by atoms with Crippen molar-refractivity contribution < 1.29 is 4.74 Å². The molecule has 0 amide bonds.